The molecule has 2 aromatic carbocycles. The van der Waals surface area contributed by atoms with Crippen LogP contribution in [0.2, 0.25) is 15.1 Å². The second-order valence-electron chi connectivity index (χ2n) is 3.33. The third kappa shape index (κ3) is 3.43. The number of benzene rings is 2. The maximum absolute atomic E-state index is 5.88. The molecule has 0 aromatic heterocycles. The zero-order valence-corrected chi connectivity index (χ0v) is 10.9. The first-order valence-corrected chi connectivity index (χ1v) is 5.96. The van der Waals surface area contributed by atoms with Crippen molar-refractivity contribution in [2.24, 2.45) is 0 Å². The fraction of sp³-hybridized carbons (Fsp3) is 0. The van der Waals surface area contributed by atoms with Crippen molar-refractivity contribution in [3.05, 3.63) is 57.5 Å². The highest BCUT2D eigenvalue weighted by Crippen LogP contribution is 2.25. The van der Waals surface area contributed by atoms with E-state index >= 15 is 0 Å². The quantitative estimate of drug-likeness (QED) is 0.797. The molecule has 0 atom stereocenters. The van der Waals surface area contributed by atoms with Crippen LogP contribution in [-0.4, -0.2) is 0 Å². The number of halogens is 3. The summed E-state index contributed by atoms with van der Waals surface area (Å²) in [6.45, 7) is 0. The molecule has 0 aliphatic carbocycles. The standard InChI is InChI=1S/C12H8Cl3N2/c13-8-1-3-9(4-2-8)16-17-10-5-6-11(14)12(15)7-10/h1-7,16H. The molecular formula is C12H8Cl3N2. The molecule has 0 aliphatic rings. The summed E-state index contributed by atoms with van der Waals surface area (Å²) in [5.41, 5.74) is 8.62. The summed E-state index contributed by atoms with van der Waals surface area (Å²) < 4.78 is 0. The highest BCUT2D eigenvalue weighted by atomic mass is 35.5. The fourth-order valence-electron chi connectivity index (χ4n) is 1.21. The first-order chi connectivity index (χ1) is 8.15. The van der Waals surface area contributed by atoms with Crippen molar-refractivity contribution in [2.45, 2.75) is 0 Å². The lowest BCUT2D eigenvalue weighted by atomic mass is 10.3. The predicted octanol–water partition coefficient (Wildman–Crippen LogP) is 4.91. The van der Waals surface area contributed by atoms with E-state index in [4.69, 9.17) is 34.8 Å². The second-order valence-corrected chi connectivity index (χ2v) is 4.58. The van der Waals surface area contributed by atoms with Gasteiger partial charge in [-0.05, 0) is 42.5 Å². The monoisotopic (exact) mass is 285 g/mol. The van der Waals surface area contributed by atoms with E-state index in [-0.39, 0.29) is 0 Å². The summed E-state index contributed by atoms with van der Waals surface area (Å²) in [5.74, 6) is 0. The van der Waals surface area contributed by atoms with Gasteiger partial charge in [-0.25, -0.2) is 0 Å². The molecule has 0 unspecified atom stereocenters. The van der Waals surface area contributed by atoms with Gasteiger partial charge in [-0.15, -0.1) is 0 Å². The molecule has 0 aliphatic heterocycles. The molecule has 0 bridgehead atoms. The van der Waals surface area contributed by atoms with Crippen molar-refractivity contribution >= 4 is 46.2 Å². The van der Waals surface area contributed by atoms with Crippen molar-refractivity contribution < 1.29 is 0 Å². The Kier molecular flexibility index (Phi) is 4.00. The van der Waals surface area contributed by atoms with Gasteiger partial charge in [0.15, 0.2) is 0 Å². The first kappa shape index (κ1) is 12.4. The molecule has 2 nitrogen and oxygen atoms in total. The largest absolute Gasteiger partial charge is 0.278 e. The van der Waals surface area contributed by atoms with Gasteiger partial charge in [0.1, 0.15) is 0 Å². The number of nitrogens with one attached hydrogen (secondary N) is 1. The molecule has 87 valence electrons. The Morgan fingerprint density at radius 3 is 2.18 bits per heavy atom. The summed E-state index contributed by atoms with van der Waals surface area (Å²) in [7, 11) is 0. The van der Waals surface area contributed by atoms with E-state index < -0.39 is 0 Å². The minimum atomic E-state index is 0.478. The zero-order valence-electron chi connectivity index (χ0n) is 8.62. The van der Waals surface area contributed by atoms with Gasteiger partial charge in [-0.3, -0.25) is 5.43 Å². The van der Waals surface area contributed by atoms with Crippen LogP contribution >= 0.6 is 34.8 Å². The van der Waals surface area contributed by atoms with Crippen molar-refractivity contribution in [1.82, 2.24) is 5.43 Å². The van der Waals surface area contributed by atoms with Gasteiger partial charge in [-0.1, -0.05) is 34.8 Å². The highest BCUT2D eigenvalue weighted by molar-refractivity contribution is 6.42. The molecular weight excluding hydrogens is 279 g/mol. The Morgan fingerprint density at radius 2 is 1.53 bits per heavy atom. The molecule has 0 heterocycles. The molecule has 0 saturated heterocycles. The van der Waals surface area contributed by atoms with E-state index in [1.807, 2.05) is 12.1 Å². The van der Waals surface area contributed by atoms with E-state index in [0.717, 1.165) is 5.69 Å². The van der Waals surface area contributed by atoms with Crippen LogP contribution in [0.1, 0.15) is 0 Å². The Labute approximate surface area is 114 Å². The lowest BCUT2D eigenvalue weighted by Crippen LogP contribution is -2.06. The van der Waals surface area contributed by atoms with Gasteiger partial charge in [0.25, 0.3) is 0 Å². The van der Waals surface area contributed by atoms with Crippen LogP contribution in [0.4, 0.5) is 11.4 Å². The molecule has 5 heteroatoms. The molecule has 1 N–H and O–H groups in total. The van der Waals surface area contributed by atoms with E-state index in [9.17, 15) is 0 Å². The normalized spacial score (nSPS) is 10.1. The van der Waals surface area contributed by atoms with Gasteiger partial charge in [0.05, 0.1) is 21.4 Å². The molecule has 0 fully saturated rings. The lowest BCUT2D eigenvalue weighted by molar-refractivity contribution is 1.05. The van der Waals surface area contributed by atoms with Crippen LogP contribution in [0.25, 0.3) is 0 Å². The molecule has 17 heavy (non-hydrogen) atoms. The topological polar surface area (TPSA) is 26.1 Å². The van der Waals surface area contributed by atoms with Gasteiger partial charge < -0.3 is 0 Å². The van der Waals surface area contributed by atoms with E-state index in [0.29, 0.717) is 20.8 Å². The minimum absolute atomic E-state index is 0.478. The van der Waals surface area contributed by atoms with Crippen LogP contribution in [0, 0.1) is 0 Å². The SMILES string of the molecule is Clc1ccc(N[N]c2ccc(Cl)c(Cl)c2)cc1. The van der Waals surface area contributed by atoms with E-state index in [2.05, 4.69) is 10.9 Å². The maximum Gasteiger partial charge on any atom is 0.0849 e. The van der Waals surface area contributed by atoms with E-state index in [1.165, 1.54) is 0 Å². The Morgan fingerprint density at radius 1 is 0.824 bits per heavy atom. The summed E-state index contributed by atoms with van der Waals surface area (Å²) in [4.78, 5) is 0. The molecule has 0 amide bonds. The van der Waals surface area contributed by atoms with Gasteiger partial charge >= 0.3 is 0 Å². The summed E-state index contributed by atoms with van der Waals surface area (Å²) in [6.07, 6.45) is 0. The molecule has 2 rings (SSSR count). The van der Waals surface area contributed by atoms with Crippen molar-refractivity contribution in [3.8, 4) is 0 Å². The molecule has 0 saturated carbocycles. The van der Waals surface area contributed by atoms with E-state index in [1.54, 1.807) is 30.3 Å². The first-order valence-electron chi connectivity index (χ1n) is 4.82. The van der Waals surface area contributed by atoms with Crippen LogP contribution in [0.5, 0.6) is 0 Å². The Hall–Kier alpha value is -1.09. The van der Waals surface area contributed by atoms with Crippen molar-refractivity contribution in [2.75, 3.05) is 5.43 Å². The van der Waals surface area contributed by atoms with Gasteiger partial charge in [0, 0.05) is 5.02 Å². The predicted molar refractivity (Wildman–Crippen MR) is 73.3 cm³/mol. The third-order valence-corrected chi connectivity index (χ3v) is 3.05. The average Bonchev–Trinajstić information content (AvgIpc) is 2.33. The summed E-state index contributed by atoms with van der Waals surface area (Å²) in [6, 6.07) is 12.4. The van der Waals surface area contributed by atoms with Crippen LogP contribution in [-0.2, 0) is 0 Å². The Balaban J connectivity index is 2.02. The smallest absolute Gasteiger partial charge is 0.0849 e. The number of nitrogens with zero attached hydrogens (tertiary/aromatic N) is 1. The maximum atomic E-state index is 5.88. The fourth-order valence-corrected chi connectivity index (χ4v) is 1.63. The third-order valence-electron chi connectivity index (χ3n) is 2.06. The van der Waals surface area contributed by atoms with Crippen LogP contribution in [0.3, 0.4) is 0 Å². The van der Waals surface area contributed by atoms with Crippen molar-refractivity contribution in [1.29, 1.82) is 0 Å². The zero-order chi connectivity index (χ0) is 12.3. The highest BCUT2D eigenvalue weighted by Gasteiger charge is 2.00. The van der Waals surface area contributed by atoms with Gasteiger partial charge in [-0.2, -0.15) is 5.43 Å². The number of hydrogen-bond donors (Lipinski definition) is 1. The molecule has 2 aromatic rings. The Bertz CT molecular complexity index is 512. The average molecular weight is 287 g/mol. The van der Waals surface area contributed by atoms with Gasteiger partial charge in [0.2, 0.25) is 0 Å². The molecule has 1 radical (unpaired) electrons. The van der Waals surface area contributed by atoms with Crippen molar-refractivity contribution in [3.63, 3.8) is 0 Å². The number of hydrogen-bond acceptors (Lipinski definition) is 1. The lowest BCUT2D eigenvalue weighted by Gasteiger charge is -2.06. The summed E-state index contributed by atoms with van der Waals surface area (Å²) in [5, 5.41) is 1.67. The minimum Gasteiger partial charge on any atom is -0.278 e. The number of rotatable bonds is 3. The van der Waals surface area contributed by atoms with Crippen LogP contribution in [0.15, 0.2) is 42.5 Å². The second kappa shape index (κ2) is 5.50. The van der Waals surface area contributed by atoms with Crippen LogP contribution < -0.4 is 10.9 Å². The molecule has 0 spiro atoms. The summed E-state index contributed by atoms with van der Waals surface area (Å²) >= 11 is 17.5. The number of anilines is 1.